The van der Waals surface area contributed by atoms with Crippen molar-refractivity contribution in [3.8, 4) is 0 Å². The molecule has 0 spiro atoms. The van der Waals surface area contributed by atoms with Gasteiger partial charge in [-0.3, -0.25) is 0 Å². The van der Waals surface area contributed by atoms with Crippen molar-refractivity contribution in [2.45, 2.75) is 46.3 Å². The second-order valence-electron chi connectivity index (χ2n) is 4.17. The van der Waals surface area contributed by atoms with Gasteiger partial charge in [-0.2, -0.15) is 0 Å². The Balaban J connectivity index is 3.75. The Morgan fingerprint density at radius 1 is 1.43 bits per heavy atom. The summed E-state index contributed by atoms with van der Waals surface area (Å²) in [7, 11) is 0. The molecule has 14 heavy (non-hydrogen) atoms. The van der Waals surface area contributed by atoms with Crippen LogP contribution in [0.3, 0.4) is 0 Å². The van der Waals surface area contributed by atoms with Crippen molar-refractivity contribution >= 4 is 6.03 Å². The summed E-state index contributed by atoms with van der Waals surface area (Å²) in [4.78, 5) is 11.2. The molecule has 0 aromatic carbocycles. The maximum absolute atomic E-state index is 11.2. The maximum atomic E-state index is 11.2. The molecular formula is C10H22N2O2. The minimum atomic E-state index is -0.303. The first-order valence-corrected chi connectivity index (χ1v) is 5.05. The van der Waals surface area contributed by atoms with Gasteiger partial charge in [0.15, 0.2) is 0 Å². The Kier molecular flexibility index (Phi) is 5.53. The van der Waals surface area contributed by atoms with Crippen LogP contribution in [0.15, 0.2) is 0 Å². The molecule has 2 amide bonds. The van der Waals surface area contributed by atoms with E-state index in [4.69, 9.17) is 4.74 Å². The van der Waals surface area contributed by atoms with Gasteiger partial charge in [0.05, 0.1) is 5.60 Å². The number of urea groups is 1. The maximum Gasteiger partial charge on any atom is 0.315 e. The van der Waals surface area contributed by atoms with Crippen LogP contribution in [0.4, 0.5) is 4.79 Å². The molecule has 0 aromatic rings. The number of hydrogen-bond donors (Lipinski definition) is 2. The Morgan fingerprint density at radius 3 is 2.43 bits per heavy atom. The number of nitrogens with one attached hydrogen (secondary N) is 2. The third-order valence-electron chi connectivity index (χ3n) is 1.63. The van der Waals surface area contributed by atoms with Gasteiger partial charge >= 0.3 is 6.03 Å². The summed E-state index contributed by atoms with van der Waals surface area (Å²) in [5, 5.41) is 5.52. The first kappa shape index (κ1) is 13.2. The van der Waals surface area contributed by atoms with Crippen molar-refractivity contribution in [2.24, 2.45) is 0 Å². The molecule has 4 nitrogen and oxygen atoms in total. The van der Waals surface area contributed by atoms with E-state index in [-0.39, 0.29) is 17.7 Å². The second-order valence-corrected chi connectivity index (χ2v) is 4.17. The first-order chi connectivity index (χ1) is 6.37. The topological polar surface area (TPSA) is 50.4 Å². The quantitative estimate of drug-likeness (QED) is 0.710. The van der Waals surface area contributed by atoms with Gasteiger partial charge < -0.3 is 15.4 Å². The number of carbonyl (C=O) groups is 1. The lowest BCUT2D eigenvalue weighted by atomic mass is 10.1. The largest absolute Gasteiger partial charge is 0.374 e. The number of carbonyl (C=O) groups excluding carboxylic acids is 1. The number of amides is 2. The highest BCUT2D eigenvalue weighted by Gasteiger charge is 2.18. The molecule has 0 aliphatic rings. The third-order valence-corrected chi connectivity index (χ3v) is 1.63. The second kappa shape index (κ2) is 5.86. The molecule has 0 fully saturated rings. The van der Waals surface area contributed by atoms with Crippen LogP contribution in [-0.4, -0.2) is 30.8 Å². The van der Waals surface area contributed by atoms with Crippen LogP contribution in [-0.2, 0) is 4.74 Å². The number of hydrogen-bond acceptors (Lipinski definition) is 2. The minimum absolute atomic E-state index is 0.146. The van der Waals surface area contributed by atoms with Crippen LogP contribution < -0.4 is 10.6 Å². The Bertz CT molecular complexity index is 179. The summed E-state index contributed by atoms with van der Waals surface area (Å²) < 4.78 is 5.44. The van der Waals surface area contributed by atoms with Crippen LogP contribution in [0.5, 0.6) is 0 Å². The van der Waals surface area contributed by atoms with E-state index in [0.29, 0.717) is 13.2 Å². The summed E-state index contributed by atoms with van der Waals surface area (Å²) in [5.41, 5.74) is -0.303. The summed E-state index contributed by atoms with van der Waals surface area (Å²) in [6.07, 6.45) is 0. The molecule has 0 heterocycles. The van der Waals surface area contributed by atoms with Crippen LogP contribution in [0.25, 0.3) is 0 Å². The van der Waals surface area contributed by atoms with Crippen molar-refractivity contribution in [3.05, 3.63) is 0 Å². The Labute approximate surface area is 86.4 Å². The highest BCUT2D eigenvalue weighted by Crippen LogP contribution is 2.06. The molecule has 0 unspecified atom stereocenters. The van der Waals surface area contributed by atoms with Gasteiger partial charge in [0, 0.05) is 19.2 Å². The normalized spacial score (nSPS) is 11.6. The van der Waals surface area contributed by atoms with Crippen LogP contribution in [0.1, 0.15) is 34.6 Å². The fraction of sp³-hybridized carbons (Fsp3) is 0.900. The lowest BCUT2D eigenvalue weighted by molar-refractivity contribution is -0.00693. The minimum Gasteiger partial charge on any atom is -0.374 e. The van der Waals surface area contributed by atoms with E-state index in [2.05, 4.69) is 10.6 Å². The molecule has 84 valence electrons. The predicted octanol–water partition coefficient (Wildman–Crippen LogP) is 1.51. The van der Waals surface area contributed by atoms with Gasteiger partial charge in [-0.25, -0.2) is 4.79 Å². The Hall–Kier alpha value is -0.770. The fourth-order valence-corrected chi connectivity index (χ4v) is 1.05. The lowest BCUT2D eigenvalue weighted by Crippen LogP contribution is -2.46. The molecule has 0 saturated carbocycles. The predicted molar refractivity (Wildman–Crippen MR) is 57.4 cm³/mol. The van der Waals surface area contributed by atoms with Crippen LogP contribution in [0.2, 0.25) is 0 Å². The zero-order chi connectivity index (χ0) is 11.2. The average Bonchev–Trinajstić information content (AvgIpc) is 2.00. The molecule has 2 N–H and O–H groups in total. The highest BCUT2D eigenvalue weighted by molar-refractivity contribution is 5.74. The monoisotopic (exact) mass is 202 g/mol. The molecule has 0 bridgehead atoms. The zero-order valence-corrected chi connectivity index (χ0v) is 9.81. The molecule has 0 radical (unpaired) electrons. The van der Waals surface area contributed by atoms with Gasteiger partial charge in [0.25, 0.3) is 0 Å². The van der Waals surface area contributed by atoms with Crippen molar-refractivity contribution in [1.29, 1.82) is 0 Å². The van der Waals surface area contributed by atoms with Crippen LogP contribution >= 0.6 is 0 Å². The molecule has 4 heteroatoms. The van der Waals surface area contributed by atoms with Crippen molar-refractivity contribution < 1.29 is 9.53 Å². The van der Waals surface area contributed by atoms with Gasteiger partial charge in [-0.1, -0.05) is 0 Å². The standard InChI is InChI=1S/C10H22N2O2/c1-6-14-10(4,5)7-11-9(13)12-8(2)3/h8H,6-7H2,1-5H3,(H2,11,12,13). The van der Waals surface area contributed by atoms with E-state index in [9.17, 15) is 4.79 Å². The number of rotatable bonds is 5. The van der Waals surface area contributed by atoms with Crippen LogP contribution in [0, 0.1) is 0 Å². The molecule has 0 aliphatic carbocycles. The van der Waals surface area contributed by atoms with Crippen molar-refractivity contribution in [2.75, 3.05) is 13.2 Å². The van der Waals surface area contributed by atoms with E-state index in [1.54, 1.807) is 0 Å². The molecule has 0 atom stereocenters. The van der Waals surface area contributed by atoms with Gasteiger partial charge in [0.2, 0.25) is 0 Å². The molecule has 0 rings (SSSR count). The smallest absolute Gasteiger partial charge is 0.315 e. The summed E-state index contributed by atoms with van der Waals surface area (Å²) >= 11 is 0. The number of ether oxygens (including phenoxy) is 1. The molecule has 0 saturated heterocycles. The van der Waals surface area contributed by atoms with Gasteiger partial charge in [-0.05, 0) is 34.6 Å². The van der Waals surface area contributed by atoms with Crippen molar-refractivity contribution in [1.82, 2.24) is 10.6 Å². The van der Waals surface area contributed by atoms with Gasteiger partial charge in [-0.15, -0.1) is 0 Å². The molecule has 0 aromatic heterocycles. The van der Waals surface area contributed by atoms with E-state index in [1.165, 1.54) is 0 Å². The van der Waals surface area contributed by atoms with Gasteiger partial charge in [0.1, 0.15) is 0 Å². The van der Waals surface area contributed by atoms with E-state index >= 15 is 0 Å². The highest BCUT2D eigenvalue weighted by atomic mass is 16.5. The molecule has 0 aliphatic heterocycles. The first-order valence-electron chi connectivity index (χ1n) is 5.05. The fourth-order valence-electron chi connectivity index (χ4n) is 1.05. The lowest BCUT2D eigenvalue weighted by Gasteiger charge is -2.25. The SMILES string of the molecule is CCOC(C)(C)CNC(=O)NC(C)C. The Morgan fingerprint density at radius 2 is 2.00 bits per heavy atom. The summed E-state index contributed by atoms with van der Waals surface area (Å²) in [5.74, 6) is 0. The van der Waals surface area contributed by atoms with E-state index in [1.807, 2.05) is 34.6 Å². The van der Waals surface area contributed by atoms with E-state index < -0.39 is 0 Å². The summed E-state index contributed by atoms with van der Waals surface area (Å²) in [6, 6.07) is 0.0120. The van der Waals surface area contributed by atoms with E-state index in [0.717, 1.165) is 0 Å². The van der Waals surface area contributed by atoms with Crippen molar-refractivity contribution in [3.63, 3.8) is 0 Å². The average molecular weight is 202 g/mol. The molecular weight excluding hydrogens is 180 g/mol. The zero-order valence-electron chi connectivity index (χ0n) is 9.81. The third kappa shape index (κ3) is 6.71. The summed E-state index contributed by atoms with van der Waals surface area (Å²) in [6.45, 7) is 10.9.